The molecule has 0 aromatic heterocycles. The second-order valence-corrected chi connectivity index (χ2v) is 2.20. The van der Waals surface area contributed by atoms with Gasteiger partial charge in [-0.15, -0.1) is 0 Å². The third-order valence-corrected chi connectivity index (χ3v) is 1.49. The minimum Gasteiger partial charge on any atom is -0.467 e. The Hall–Kier alpha value is -0.790. The molecule has 0 aliphatic heterocycles. The van der Waals surface area contributed by atoms with Crippen molar-refractivity contribution in [2.75, 3.05) is 6.61 Å². The summed E-state index contributed by atoms with van der Waals surface area (Å²) in [5, 5.41) is 0. The van der Waals surface area contributed by atoms with Gasteiger partial charge in [-0.1, -0.05) is 12.2 Å². The standard InChI is InChI=1S/C7H10O2/c8-6-9-5-7-3-1-2-4-7/h1,3,6-7H,2,4-5H2. The number of ether oxygens (including phenoxy) is 1. The molecule has 0 fully saturated rings. The lowest BCUT2D eigenvalue weighted by atomic mass is 10.1. The van der Waals surface area contributed by atoms with E-state index in [4.69, 9.17) is 0 Å². The van der Waals surface area contributed by atoms with Gasteiger partial charge in [0.2, 0.25) is 0 Å². The summed E-state index contributed by atoms with van der Waals surface area (Å²) in [5.74, 6) is 0.482. The Morgan fingerprint density at radius 3 is 3.22 bits per heavy atom. The number of carbonyl (C=O) groups is 1. The van der Waals surface area contributed by atoms with Crippen LogP contribution in [0.4, 0.5) is 0 Å². The zero-order valence-electron chi connectivity index (χ0n) is 5.25. The molecule has 50 valence electrons. The number of hydrogen-bond donors (Lipinski definition) is 0. The van der Waals surface area contributed by atoms with Gasteiger partial charge in [-0.05, 0) is 12.8 Å². The van der Waals surface area contributed by atoms with Crippen molar-refractivity contribution >= 4 is 6.47 Å². The number of carbonyl (C=O) groups excluding carboxylic acids is 1. The summed E-state index contributed by atoms with van der Waals surface area (Å²) in [6, 6.07) is 0. The molecule has 0 N–H and O–H groups in total. The van der Waals surface area contributed by atoms with Crippen LogP contribution < -0.4 is 0 Å². The topological polar surface area (TPSA) is 26.3 Å². The first kappa shape index (κ1) is 6.33. The molecule has 1 atom stereocenters. The van der Waals surface area contributed by atoms with Gasteiger partial charge in [-0.3, -0.25) is 4.79 Å². The van der Waals surface area contributed by atoms with E-state index in [-0.39, 0.29) is 0 Å². The second kappa shape index (κ2) is 3.28. The first-order valence-corrected chi connectivity index (χ1v) is 3.15. The zero-order chi connectivity index (χ0) is 6.53. The van der Waals surface area contributed by atoms with E-state index in [9.17, 15) is 4.79 Å². The molecule has 0 saturated heterocycles. The first-order valence-electron chi connectivity index (χ1n) is 3.15. The van der Waals surface area contributed by atoms with Gasteiger partial charge in [0.1, 0.15) is 0 Å². The van der Waals surface area contributed by atoms with Gasteiger partial charge >= 0.3 is 0 Å². The molecule has 1 rings (SSSR count). The maximum atomic E-state index is 9.72. The lowest BCUT2D eigenvalue weighted by Crippen LogP contribution is -2.02. The third kappa shape index (κ3) is 1.88. The summed E-state index contributed by atoms with van der Waals surface area (Å²) < 4.78 is 4.59. The van der Waals surface area contributed by atoms with E-state index in [1.807, 2.05) is 0 Å². The Balaban J connectivity index is 2.12. The van der Waals surface area contributed by atoms with Gasteiger partial charge in [-0.25, -0.2) is 0 Å². The lowest BCUT2D eigenvalue weighted by Gasteiger charge is -2.02. The largest absolute Gasteiger partial charge is 0.467 e. The predicted octanol–water partition coefficient (Wildman–Crippen LogP) is 1.13. The van der Waals surface area contributed by atoms with Crippen LogP contribution in [0.5, 0.6) is 0 Å². The molecular weight excluding hydrogens is 116 g/mol. The van der Waals surface area contributed by atoms with Crippen molar-refractivity contribution in [1.29, 1.82) is 0 Å². The maximum absolute atomic E-state index is 9.72. The third-order valence-electron chi connectivity index (χ3n) is 1.49. The number of allylic oxidation sites excluding steroid dienone is 1. The fraction of sp³-hybridized carbons (Fsp3) is 0.571. The molecule has 2 heteroatoms. The van der Waals surface area contributed by atoms with Gasteiger partial charge in [0.05, 0.1) is 6.61 Å². The van der Waals surface area contributed by atoms with Gasteiger partial charge in [0.15, 0.2) is 0 Å². The SMILES string of the molecule is O=COCC1C=CCC1. The monoisotopic (exact) mass is 126 g/mol. The molecule has 0 spiro atoms. The molecule has 0 aromatic carbocycles. The van der Waals surface area contributed by atoms with Crippen molar-refractivity contribution in [3.8, 4) is 0 Å². The molecule has 1 aliphatic rings. The Kier molecular flexibility index (Phi) is 2.31. The molecule has 2 nitrogen and oxygen atoms in total. The molecule has 1 aliphatic carbocycles. The van der Waals surface area contributed by atoms with Gasteiger partial charge in [0, 0.05) is 5.92 Å². The van der Waals surface area contributed by atoms with E-state index in [2.05, 4.69) is 16.9 Å². The Labute approximate surface area is 54.5 Å². The van der Waals surface area contributed by atoms with E-state index in [0.29, 0.717) is 19.0 Å². The van der Waals surface area contributed by atoms with Crippen LogP contribution >= 0.6 is 0 Å². The minimum absolute atomic E-state index is 0.482. The molecule has 0 amide bonds. The minimum atomic E-state index is 0.482. The highest BCUT2D eigenvalue weighted by atomic mass is 16.5. The second-order valence-electron chi connectivity index (χ2n) is 2.20. The summed E-state index contributed by atoms with van der Waals surface area (Å²) in [6.45, 7) is 1.06. The quantitative estimate of drug-likeness (QED) is 0.418. The average molecular weight is 126 g/mol. The van der Waals surface area contributed by atoms with Crippen molar-refractivity contribution < 1.29 is 9.53 Å². The highest BCUT2D eigenvalue weighted by molar-refractivity contribution is 5.37. The van der Waals surface area contributed by atoms with Crippen LogP contribution in [0.1, 0.15) is 12.8 Å². The summed E-state index contributed by atoms with van der Waals surface area (Å²) in [5.41, 5.74) is 0. The molecule has 0 saturated carbocycles. The smallest absolute Gasteiger partial charge is 0.293 e. The predicted molar refractivity (Wildman–Crippen MR) is 33.9 cm³/mol. The van der Waals surface area contributed by atoms with Crippen LogP contribution in [0.2, 0.25) is 0 Å². The van der Waals surface area contributed by atoms with Crippen LogP contribution in [-0.2, 0) is 9.53 Å². The summed E-state index contributed by atoms with van der Waals surface area (Å²) >= 11 is 0. The molecule has 0 bridgehead atoms. The van der Waals surface area contributed by atoms with Crippen molar-refractivity contribution in [2.24, 2.45) is 5.92 Å². The van der Waals surface area contributed by atoms with Gasteiger partial charge < -0.3 is 4.74 Å². The number of rotatable bonds is 3. The van der Waals surface area contributed by atoms with E-state index in [1.165, 1.54) is 0 Å². The summed E-state index contributed by atoms with van der Waals surface area (Å²) in [7, 11) is 0. The van der Waals surface area contributed by atoms with Gasteiger partial charge in [-0.2, -0.15) is 0 Å². The van der Waals surface area contributed by atoms with Crippen LogP contribution in [-0.4, -0.2) is 13.1 Å². The molecule has 9 heavy (non-hydrogen) atoms. The van der Waals surface area contributed by atoms with Crippen LogP contribution in [0.15, 0.2) is 12.2 Å². The molecule has 0 aromatic rings. The Morgan fingerprint density at radius 2 is 2.67 bits per heavy atom. The van der Waals surface area contributed by atoms with Crippen molar-refractivity contribution in [2.45, 2.75) is 12.8 Å². The highest BCUT2D eigenvalue weighted by Crippen LogP contribution is 2.16. The molecular formula is C7H10O2. The molecule has 0 radical (unpaired) electrons. The van der Waals surface area contributed by atoms with Crippen molar-refractivity contribution in [1.82, 2.24) is 0 Å². The van der Waals surface area contributed by atoms with Crippen LogP contribution in [0.3, 0.4) is 0 Å². The van der Waals surface area contributed by atoms with E-state index >= 15 is 0 Å². The van der Waals surface area contributed by atoms with E-state index < -0.39 is 0 Å². The van der Waals surface area contributed by atoms with E-state index in [0.717, 1.165) is 12.8 Å². The number of hydrogen-bond acceptors (Lipinski definition) is 2. The zero-order valence-corrected chi connectivity index (χ0v) is 5.25. The Bertz CT molecular complexity index is 118. The van der Waals surface area contributed by atoms with Crippen LogP contribution in [0.25, 0.3) is 0 Å². The Morgan fingerprint density at radius 1 is 1.78 bits per heavy atom. The highest BCUT2D eigenvalue weighted by Gasteiger charge is 2.07. The van der Waals surface area contributed by atoms with Gasteiger partial charge in [0.25, 0.3) is 6.47 Å². The lowest BCUT2D eigenvalue weighted by molar-refractivity contribution is -0.129. The average Bonchev–Trinajstić information content (AvgIpc) is 2.34. The fourth-order valence-corrected chi connectivity index (χ4v) is 0.997. The summed E-state index contributed by atoms with van der Waals surface area (Å²) in [4.78, 5) is 9.72. The summed E-state index contributed by atoms with van der Waals surface area (Å²) in [6.07, 6.45) is 6.49. The normalized spacial score (nSPS) is 24.2. The fourth-order valence-electron chi connectivity index (χ4n) is 0.997. The van der Waals surface area contributed by atoms with Crippen molar-refractivity contribution in [3.05, 3.63) is 12.2 Å². The molecule has 0 heterocycles. The first-order chi connectivity index (χ1) is 4.43. The maximum Gasteiger partial charge on any atom is 0.293 e. The molecule has 1 unspecified atom stereocenters. The van der Waals surface area contributed by atoms with E-state index in [1.54, 1.807) is 0 Å². The van der Waals surface area contributed by atoms with Crippen molar-refractivity contribution in [3.63, 3.8) is 0 Å². The van der Waals surface area contributed by atoms with Crippen LogP contribution in [0, 0.1) is 5.92 Å².